The SMILES string of the molecule is CC1COC(O)(OC2=C(c3ccc(O)c(O)c3)Cc3cc(O)cc(O)c3C2=O)C(O)C1O. The van der Waals surface area contributed by atoms with Crippen LogP contribution in [0.25, 0.3) is 5.57 Å². The minimum Gasteiger partial charge on any atom is -0.508 e. The second-order valence-corrected chi connectivity index (χ2v) is 7.97. The van der Waals surface area contributed by atoms with Crippen LogP contribution in [-0.2, 0) is 15.9 Å². The number of ether oxygens (including phenoxy) is 2. The number of aromatic hydroxyl groups is 4. The normalized spacial score (nSPS) is 27.9. The molecule has 0 saturated carbocycles. The van der Waals surface area contributed by atoms with Crippen LogP contribution < -0.4 is 0 Å². The number of rotatable bonds is 3. The van der Waals surface area contributed by atoms with Crippen LogP contribution in [-0.4, -0.2) is 66.3 Å². The molecule has 10 heteroatoms. The fraction of sp³-hybridized carbons (Fsp3) is 0.318. The lowest BCUT2D eigenvalue weighted by Gasteiger charge is -2.42. The van der Waals surface area contributed by atoms with Gasteiger partial charge < -0.3 is 45.2 Å². The fourth-order valence-corrected chi connectivity index (χ4v) is 3.84. The van der Waals surface area contributed by atoms with Crippen LogP contribution in [0.4, 0.5) is 0 Å². The summed E-state index contributed by atoms with van der Waals surface area (Å²) in [7, 11) is 0. The van der Waals surface area contributed by atoms with E-state index in [9.17, 15) is 40.5 Å². The Kier molecular flexibility index (Phi) is 5.25. The lowest BCUT2D eigenvalue weighted by atomic mass is 9.85. The van der Waals surface area contributed by atoms with Gasteiger partial charge in [0.25, 0.3) is 0 Å². The first-order valence-corrected chi connectivity index (χ1v) is 9.78. The van der Waals surface area contributed by atoms with Gasteiger partial charge >= 0.3 is 5.97 Å². The van der Waals surface area contributed by atoms with Crippen molar-refractivity contribution in [1.82, 2.24) is 0 Å². The highest BCUT2D eigenvalue weighted by Gasteiger charge is 2.52. The lowest BCUT2D eigenvalue weighted by molar-refractivity contribution is -0.414. The average molecular weight is 446 g/mol. The van der Waals surface area contributed by atoms with Crippen LogP contribution in [0.5, 0.6) is 23.0 Å². The molecule has 1 heterocycles. The van der Waals surface area contributed by atoms with Gasteiger partial charge in [-0.25, -0.2) is 0 Å². The van der Waals surface area contributed by atoms with Gasteiger partial charge in [0.2, 0.25) is 5.78 Å². The quantitative estimate of drug-likeness (QED) is 0.262. The minimum absolute atomic E-state index is 0.0896. The largest absolute Gasteiger partial charge is 0.508 e. The number of ketones is 1. The molecule has 2 aromatic carbocycles. The van der Waals surface area contributed by atoms with Gasteiger partial charge in [-0.1, -0.05) is 13.0 Å². The van der Waals surface area contributed by atoms with Gasteiger partial charge in [-0.2, -0.15) is 0 Å². The topological polar surface area (TPSA) is 177 Å². The predicted octanol–water partition coefficient (Wildman–Crippen LogP) is 0.710. The van der Waals surface area contributed by atoms with Crippen LogP contribution in [0, 0.1) is 5.92 Å². The Labute approximate surface area is 181 Å². The van der Waals surface area contributed by atoms with Gasteiger partial charge in [0.05, 0.1) is 18.3 Å². The molecule has 4 rings (SSSR count). The zero-order valence-corrected chi connectivity index (χ0v) is 16.9. The molecule has 0 amide bonds. The number of phenolic OH excluding ortho intramolecular Hbond substituents is 4. The van der Waals surface area contributed by atoms with E-state index < -0.39 is 52.9 Å². The third-order valence-corrected chi connectivity index (χ3v) is 5.66. The van der Waals surface area contributed by atoms with Gasteiger partial charge in [-0.05, 0) is 29.3 Å². The molecule has 0 aromatic heterocycles. The summed E-state index contributed by atoms with van der Waals surface area (Å²) in [4.78, 5) is 13.3. The van der Waals surface area contributed by atoms with E-state index in [-0.39, 0.29) is 41.0 Å². The highest BCUT2D eigenvalue weighted by molar-refractivity contribution is 6.16. The van der Waals surface area contributed by atoms with Crippen molar-refractivity contribution < 1.29 is 50.0 Å². The minimum atomic E-state index is -2.77. The first-order chi connectivity index (χ1) is 15.0. The predicted molar refractivity (Wildman–Crippen MR) is 108 cm³/mol. The summed E-state index contributed by atoms with van der Waals surface area (Å²) in [6, 6.07) is 5.97. The molecule has 1 aliphatic carbocycles. The second-order valence-electron chi connectivity index (χ2n) is 7.97. The van der Waals surface area contributed by atoms with Crippen LogP contribution in [0.2, 0.25) is 0 Å². The van der Waals surface area contributed by atoms with Gasteiger partial charge in [0, 0.05) is 24.0 Å². The molecule has 10 nitrogen and oxygen atoms in total. The Bertz CT molecular complexity index is 1120. The van der Waals surface area contributed by atoms with Crippen molar-refractivity contribution in [2.45, 2.75) is 31.5 Å². The molecule has 0 radical (unpaired) electrons. The van der Waals surface area contributed by atoms with Crippen molar-refractivity contribution in [2.75, 3.05) is 6.61 Å². The third-order valence-electron chi connectivity index (χ3n) is 5.66. The standard InChI is InChI=1S/C22H22O10/c1-9-8-31-22(30,21(29)18(9)27)32-20-13(10-2-3-14(24)15(25)6-10)5-11-4-12(23)7-16(26)17(11)19(20)28/h2-4,6-7,9,18,21,23-27,29-30H,5,8H2,1H3. The van der Waals surface area contributed by atoms with E-state index in [1.165, 1.54) is 18.2 Å². The number of phenols is 4. The first-order valence-electron chi connectivity index (χ1n) is 9.78. The maximum atomic E-state index is 13.3. The molecule has 4 unspecified atom stereocenters. The van der Waals surface area contributed by atoms with E-state index in [0.717, 1.165) is 12.1 Å². The van der Waals surface area contributed by atoms with Crippen molar-refractivity contribution in [3.8, 4) is 23.0 Å². The van der Waals surface area contributed by atoms with E-state index >= 15 is 0 Å². The smallest absolute Gasteiger partial charge is 0.355 e. The summed E-state index contributed by atoms with van der Waals surface area (Å²) < 4.78 is 10.7. The van der Waals surface area contributed by atoms with Gasteiger partial charge in [-0.15, -0.1) is 0 Å². The molecule has 1 fully saturated rings. The summed E-state index contributed by atoms with van der Waals surface area (Å²) >= 11 is 0. The van der Waals surface area contributed by atoms with Crippen LogP contribution in [0.3, 0.4) is 0 Å². The van der Waals surface area contributed by atoms with E-state index in [1.54, 1.807) is 6.92 Å². The average Bonchev–Trinajstić information content (AvgIpc) is 2.73. The Morgan fingerprint density at radius 3 is 2.44 bits per heavy atom. The van der Waals surface area contributed by atoms with Crippen molar-refractivity contribution in [3.05, 3.63) is 52.8 Å². The van der Waals surface area contributed by atoms with Crippen molar-refractivity contribution in [1.29, 1.82) is 0 Å². The number of fused-ring (bicyclic) bond motifs is 1. The fourth-order valence-electron chi connectivity index (χ4n) is 3.84. The first kappa shape index (κ1) is 21.9. The molecular formula is C22H22O10. The zero-order valence-electron chi connectivity index (χ0n) is 16.9. The summed E-state index contributed by atoms with van der Waals surface area (Å²) in [5.74, 6) is -6.38. The molecule has 32 heavy (non-hydrogen) atoms. The molecule has 1 aliphatic heterocycles. The number of hydrogen-bond acceptors (Lipinski definition) is 10. The summed E-state index contributed by atoms with van der Waals surface area (Å²) in [6.45, 7) is 1.41. The summed E-state index contributed by atoms with van der Waals surface area (Å²) in [6.07, 6.45) is -3.42. The number of aliphatic hydroxyl groups excluding tert-OH is 2. The highest BCUT2D eigenvalue weighted by atomic mass is 16.8. The van der Waals surface area contributed by atoms with E-state index in [4.69, 9.17) is 9.47 Å². The zero-order chi connectivity index (χ0) is 23.4. The number of carbonyl (C=O) groups is 1. The van der Waals surface area contributed by atoms with Crippen molar-refractivity contribution in [3.63, 3.8) is 0 Å². The number of hydrogen-bond donors (Lipinski definition) is 7. The van der Waals surface area contributed by atoms with Crippen LogP contribution in [0.1, 0.15) is 28.4 Å². The van der Waals surface area contributed by atoms with E-state index in [0.29, 0.717) is 0 Å². The Hall–Kier alpha value is -3.31. The molecule has 170 valence electrons. The van der Waals surface area contributed by atoms with Gasteiger partial charge in [-0.3, -0.25) is 4.79 Å². The van der Waals surface area contributed by atoms with Crippen LogP contribution in [0.15, 0.2) is 36.1 Å². The van der Waals surface area contributed by atoms with E-state index in [2.05, 4.69) is 0 Å². The molecule has 0 spiro atoms. The molecule has 2 aromatic rings. The number of Topliss-reactive ketones (excluding diaryl/α,β-unsaturated/α-hetero) is 1. The molecule has 4 atom stereocenters. The van der Waals surface area contributed by atoms with Crippen molar-refractivity contribution in [2.24, 2.45) is 5.92 Å². The molecular weight excluding hydrogens is 424 g/mol. The third kappa shape index (κ3) is 3.53. The lowest BCUT2D eigenvalue weighted by Crippen LogP contribution is -2.60. The van der Waals surface area contributed by atoms with Gasteiger partial charge in [0.1, 0.15) is 11.5 Å². The van der Waals surface area contributed by atoms with Gasteiger partial charge in [0.15, 0.2) is 23.4 Å². The maximum Gasteiger partial charge on any atom is 0.355 e. The maximum absolute atomic E-state index is 13.3. The van der Waals surface area contributed by atoms with Crippen LogP contribution >= 0.6 is 0 Å². The number of carbonyl (C=O) groups excluding carboxylic acids is 1. The molecule has 2 aliphatic rings. The number of benzene rings is 2. The molecule has 1 saturated heterocycles. The molecule has 0 bridgehead atoms. The Morgan fingerprint density at radius 1 is 1.03 bits per heavy atom. The van der Waals surface area contributed by atoms with Crippen molar-refractivity contribution >= 4 is 11.4 Å². The van der Waals surface area contributed by atoms with E-state index in [1.807, 2.05) is 0 Å². The monoisotopic (exact) mass is 446 g/mol. The summed E-state index contributed by atoms with van der Waals surface area (Å²) in [5.41, 5.74) is 0.389. The summed E-state index contributed by atoms with van der Waals surface area (Å²) in [5, 5.41) is 71.0. The molecule has 7 N–H and O–H groups in total. The number of aliphatic hydroxyl groups is 3. The number of allylic oxidation sites excluding steroid dienone is 2. The Balaban J connectivity index is 1.86. The highest BCUT2D eigenvalue weighted by Crippen LogP contribution is 2.42. The Morgan fingerprint density at radius 2 is 1.75 bits per heavy atom. The second kappa shape index (κ2) is 7.68.